The molecule has 1 saturated heterocycles. The van der Waals surface area contributed by atoms with Gasteiger partial charge < -0.3 is 11.1 Å². The number of sulfone groups is 1. The van der Waals surface area contributed by atoms with Gasteiger partial charge in [0.25, 0.3) is 0 Å². The van der Waals surface area contributed by atoms with Crippen LogP contribution in [-0.2, 0) is 9.84 Å². The van der Waals surface area contributed by atoms with E-state index in [-0.39, 0.29) is 22.5 Å². The zero-order valence-corrected chi connectivity index (χ0v) is 11.4. The first-order valence-electron chi connectivity index (χ1n) is 5.70. The molecule has 3 N–H and O–H groups in total. The van der Waals surface area contributed by atoms with E-state index in [1.807, 2.05) is 6.07 Å². The van der Waals surface area contributed by atoms with Crippen LogP contribution in [-0.4, -0.2) is 35.9 Å². The number of nitrogens with zero attached hydrogens (tertiary/aromatic N) is 1. The van der Waals surface area contributed by atoms with Crippen molar-refractivity contribution in [2.24, 2.45) is 5.73 Å². The third-order valence-electron chi connectivity index (χ3n) is 2.96. The van der Waals surface area contributed by atoms with Crippen LogP contribution in [0.3, 0.4) is 0 Å². The van der Waals surface area contributed by atoms with Crippen molar-refractivity contribution in [2.75, 3.05) is 16.8 Å². The van der Waals surface area contributed by atoms with Crippen LogP contribution < -0.4 is 11.1 Å². The lowest BCUT2D eigenvalue weighted by Gasteiger charge is -2.24. The van der Waals surface area contributed by atoms with Gasteiger partial charge in [0.2, 0.25) is 0 Å². The molecule has 0 amide bonds. The number of hydrogen-bond donors (Lipinski definition) is 2. The van der Waals surface area contributed by atoms with Crippen molar-refractivity contribution in [1.82, 2.24) is 4.98 Å². The SMILES string of the molecule is NC(=S)c1ncccc1NC1CCS(=O)(=O)CC1. The third kappa shape index (κ3) is 3.17. The Labute approximate surface area is 112 Å². The molecule has 0 saturated carbocycles. The highest BCUT2D eigenvalue weighted by Gasteiger charge is 2.24. The van der Waals surface area contributed by atoms with Gasteiger partial charge in [0.1, 0.15) is 20.5 Å². The predicted octanol–water partition coefficient (Wildman–Crippen LogP) is 0.705. The van der Waals surface area contributed by atoms with Gasteiger partial charge in [0.05, 0.1) is 17.2 Å². The molecule has 2 rings (SSSR count). The van der Waals surface area contributed by atoms with Gasteiger partial charge in [-0.2, -0.15) is 0 Å². The predicted molar refractivity (Wildman–Crippen MR) is 75.4 cm³/mol. The van der Waals surface area contributed by atoms with Gasteiger partial charge in [0, 0.05) is 12.2 Å². The van der Waals surface area contributed by atoms with E-state index in [0.29, 0.717) is 18.5 Å². The zero-order chi connectivity index (χ0) is 13.2. The van der Waals surface area contributed by atoms with E-state index in [1.54, 1.807) is 12.3 Å². The van der Waals surface area contributed by atoms with Crippen molar-refractivity contribution >= 4 is 32.7 Å². The highest BCUT2D eigenvalue weighted by atomic mass is 32.2. The number of pyridine rings is 1. The Bertz CT molecular complexity index is 543. The largest absolute Gasteiger partial charge is 0.388 e. The Morgan fingerprint density at radius 2 is 2.11 bits per heavy atom. The molecule has 7 heteroatoms. The first-order chi connectivity index (χ1) is 8.48. The Morgan fingerprint density at radius 1 is 1.44 bits per heavy atom. The number of thiocarbonyl (C=S) groups is 1. The van der Waals surface area contributed by atoms with E-state index in [4.69, 9.17) is 18.0 Å². The topological polar surface area (TPSA) is 85.1 Å². The van der Waals surface area contributed by atoms with Crippen molar-refractivity contribution in [3.63, 3.8) is 0 Å². The summed E-state index contributed by atoms with van der Waals surface area (Å²) in [6, 6.07) is 3.78. The van der Waals surface area contributed by atoms with Gasteiger partial charge in [-0.25, -0.2) is 8.42 Å². The van der Waals surface area contributed by atoms with E-state index < -0.39 is 9.84 Å². The van der Waals surface area contributed by atoms with Crippen LogP contribution >= 0.6 is 12.2 Å². The molecule has 0 unspecified atom stereocenters. The summed E-state index contributed by atoms with van der Waals surface area (Å²) in [6.45, 7) is 0. The first kappa shape index (κ1) is 13.2. The fourth-order valence-corrected chi connectivity index (χ4v) is 3.63. The van der Waals surface area contributed by atoms with E-state index in [9.17, 15) is 8.42 Å². The fourth-order valence-electron chi connectivity index (χ4n) is 1.97. The zero-order valence-electron chi connectivity index (χ0n) is 9.80. The molecule has 98 valence electrons. The average molecular weight is 285 g/mol. The molecule has 1 aliphatic rings. The Balaban J connectivity index is 2.09. The Morgan fingerprint density at radius 3 is 2.72 bits per heavy atom. The molecule has 18 heavy (non-hydrogen) atoms. The van der Waals surface area contributed by atoms with E-state index in [0.717, 1.165) is 5.69 Å². The highest BCUT2D eigenvalue weighted by molar-refractivity contribution is 7.91. The van der Waals surface area contributed by atoms with Crippen molar-refractivity contribution in [3.05, 3.63) is 24.0 Å². The van der Waals surface area contributed by atoms with Gasteiger partial charge in [-0.1, -0.05) is 12.2 Å². The number of rotatable bonds is 3. The van der Waals surface area contributed by atoms with Crippen LogP contribution in [0.1, 0.15) is 18.5 Å². The maximum atomic E-state index is 11.3. The summed E-state index contributed by atoms with van der Waals surface area (Å²) in [6.07, 6.45) is 2.84. The lowest BCUT2D eigenvalue weighted by atomic mass is 10.1. The molecule has 0 atom stereocenters. The molecule has 0 bridgehead atoms. The number of hydrogen-bond acceptors (Lipinski definition) is 5. The second kappa shape index (κ2) is 5.19. The maximum absolute atomic E-state index is 11.3. The molecular weight excluding hydrogens is 270 g/mol. The highest BCUT2D eigenvalue weighted by Crippen LogP contribution is 2.19. The molecule has 0 aliphatic carbocycles. The minimum atomic E-state index is -2.84. The van der Waals surface area contributed by atoms with Crippen LogP contribution in [0.15, 0.2) is 18.3 Å². The lowest BCUT2D eigenvalue weighted by molar-refractivity contribution is 0.559. The maximum Gasteiger partial charge on any atom is 0.150 e. The molecule has 1 aromatic rings. The third-order valence-corrected chi connectivity index (χ3v) is 4.86. The van der Waals surface area contributed by atoms with E-state index in [2.05, 4.69) is 10.3 Å². The lowest BCUT2D eigenvalue weighted by Crippen LogP contribution is -2.32. The minimum Gasteiger partial charge on any atom is -0.388 e. The smallest absolute Gasteiger partial charge is 0.150 e. The van der Waals surface area contributed by atoms with Crippen LogP contribution in [0.2, 0.25) is 0 Å². The number of aromatic nitrogens is 1. The van der Waals surface area contributed by atoms with Gasteiger partial charge in [0.15, 0.2) is 0 Å². The first-order valence-corrected chi connectivity index (χ1v) is 7.93. The molecule has 1 aliphatic heterocycles. The Kier molecular flexibility index (Phi) is 3.82. The molecule has 0 radical (unpaired) electrons. The molecule has 1 fully saturated rings. The second-order valence-electron chi connectivity index (χ2n) is 4.33. The minimum absolute atomic E-state index is 0.130. The van der Waals surface area contributed by atoms with Gasteiger partial charge >= 0.3 is 0 Å². The summed E-state index contributed by atoms with van der Waals surface area (Å²) in [5, 5.41) is 3.27. The van der Waals surface area contributed by atoms with Gasteiger partial charge in [-0.05, 0) is 25.0 Å². The summed E-state index contributed by atoms with van der Waals surface area (Å²) in [7, 11) is -2.84. The fraction of sp³-hybridized carbons (Fsp3) is 0.455. The van der Waals surface area contributed by atoms with Crippen LogP contribution in [0.25, 0.3) is 0 Å². The van der Waals surface area contributed by atoms with Gasteiger partial charge in [-0.15, -0.1) is 0 Å². The molecular formula is C11H15N3O2S2. The molecule has 0 aromatic carbocycles. The molecule has 2 heterocycles. The van der Waals surface area contributed by atoms with Crippen molar-refractivity contribution < 1.29 is 8.42 Å². The summed E-state index contributed by atoms with van der Waals surface area (Å²) in [5.74, 6) is 0.459. The Hall–Kier alpha value is -1.21. The summed E-state index contributed by atoms with van der Waals surface area (Å²) < 4.78 is 22.7. The second-order valence-corrected chi connectivity index (χ2v) is 7.08. The summed E-state index contributed by atoms with van der Waals surface area (Å²) >= 11 is 4.93. The van der Waals surface area contributed by atoms with Crippen molar-refractivity contribution in [2.45, 2.75) is 18.9 Å². The van der Waals surface area contributed by atoms with Gasteiger partial charge in [-0.3, -0.25) is 4.98 Å². The van der Waals surface area contributed by atoms with E-state index in [1.165, 1.54) is 0 Å². The summed E-state index contributed by atoms with van der Waals surface area (Å²) in [4.78, 5) is 4.36. The molecule has 1 aromatic heterocycles. The van der Waals surface area contributed by atoms with E-state index >= 15 is 0 Å². The number of nitrogens with one attached hydrogen (secondary N) is 1. The summed E-state index contributed by atoms with van der Waals surface area (Å²) in [5.41, 5.74) is 6.92. The number of anilines is 1. The monoisotopic (exact) mass is 285 g/mol. The van der Waals surface area contributed by atoms with Crippen LogP contribution in [0, 0.1) is 0 Å². The normalized spacial score (nSPS) is 19.3. The standard InChI is InChI=1S/C11H15N3O2S2/c12-11(17)10-9(2-1-5-13-10)14-8-3-6-18(15,16)7-4-8/h1-2,5,8,14H,3-4,6-7H2,(H2,12,17). The molecule has 0 spiro atoms. The van der Waals surface area contributed by atoms with Crippen molar-refractivity contribution in [1.29, 1.82) is 0 Å². The van der Waals surface area contributed by atoms with Crippen molar-refractivity contribution in [3.8, 4) is 0 Å². The van der Waals surface area contributed by atoms with Crippen LogP contribution in [0.4, 0.5) is 5.69 Å². The quantitative estimate of drug-likeness (QED) is 0.795. The number of nitrogens with two attached hydrogens (primary N) is 1. The average Bonchev–Trinajstić information content (AvgIpc) is 2.32. The van der Waals surface area contributed by atoms with Crippen LogP contribution in [0.5, 0.6) is 0 Å². The molecule has 5 nitrogen and oxygen atoms in total.